The maximum Gasteiger partial charge on any atom is 0.320 e. The lowest BCUT2D eigenvalue weighted by Gasteiger charge is -2.67. The van der Waals surface area contributed by atoms with E-state index >= 15 is 0 Å². The van der Waals surface area contributed by atoms with E-state index < -0.39 is 40.6 Å². The summed E-state index contributed by atoms with van der Waals surface area (Å²) in [5.74, 6) is -4.54. The summed E-state index contributed by atoms with van der Waals surface area (Å²) in [6.45, 7) is 0.801. The molecule has 2 saturated heterocycles. The number of carbonyl (C=O) groups is 2. The monoisotopic (exact) mass is 525 g/mol. The van der Waals surface area contributed by atoms with Crippen LogP contribution in [0.25, 0.3) is 0 Å². The lowest BCUT2D eigenvalue weighted by Crippen LogP contribution is -2.83. The van der Waals surface area contributed by atoms with Crippen molar-refractivity contribution in [2.24, 2.45) is 10.8 Å². The number of fused-ring (bicyclic) bond motifs is 2. The number of carbonyl (C=O) groups excluding carboxylic acids is 2. The molecule has 2 N–H and O–H groups in total. The zero-order chi connectivity index (χ0) is 25.6. The number of aromatic nitrogens is 2. The summed E-state index contributed by atoms with van der Waals surface area (Å²) in [7, 11) is 7.98. The first-order valence-corrected chi connectivity index (χ1v) is 12.9. The van der Waals surface area contributed by atoms with Crippen LogP contribution in [0.2, 0.25) is 0 Å². The van der Waals surface area contributed by atoms with Gasteiger partial charge in [-0.1, -0.05) is 0 Å². The molecule has 0 amide bonds. The number of piperidine rings is 2. The van der Waals surface area contributed by atoms with Gasteiger partial charge in [0.15, 0.2) is 10.8 Å². The van der Waals surface area contributed by atoms with Gasteiger partial charge >= 0.3 is 11.9 Å². The second-order valence-electron chi connectivity index (χ2n) is 9.44. The van der Waals surface area contributed by atoms with Crippen molar-refractivity contribution < 1.29 is 29.3 Å². The summed E-state index contributed by atoms with van der Waals surface area (Å²) < 4.78 is 10.4. The van der Waals surface area contributed by atoms with Gasteiger partial charge in [0.2, 0.25) is 5.79 Å². The Balaban J connectivity index is 2.11. The largest absolute Gasteiger partial charge is 0.468 e. The number of methoxy groups -OCH3 is 2. The van der Waals surface area contributed by atoms with Gasteiger partial charge in [-0.2, -0.15) is 0 Å². The third-order valence-electron chi connectivity index (χ3n) is 7.25. The third-order valence-corrected chi connectivity index (χ3v) is 8.46. The quantitative estimate of drug-likeness (QED) is 0.380. The molecule has 4 heterocycles. The summed E-state index contributed by atoms with van der Waals surface area (Å²) >= 11 is 2.67. The van der Waals surface area contributed by atoms with Gasteiger partial charge in [0, 0.05) is 36.9 Å². The minimum Gasteiger partial charge on any atom is -0.468 e. The van der Waals surface area contributed by atoms with Gasteiger partial charge in [0.05, 0.1) is 48.7 Å². The van der Waals surface area contributed by atoms with Crippen molar-refractivity contribution in [2.45, 2.75) is 17.9 Å². The predicted octanol–water partition coefficient (Wildman–Crippen LogP) is 0.204. The average molecular weight is 526 g/mol. The Hall–Kier alpha value is -2.00. The van der Waals surface area contributed by atoms with Gasteiger partial charge in [-0.15, -0.1) is 22.7 Å². The minimum atomic E-state index is -2.86. The van der Waals surface area contributed by atoms with Gasteiger partial charge in [0.25, 0.3) is 0 Å². The van der Waals surface area contributed by atoms with Crippen LogP contribution >= 0.6 is 22.7 Å². The smallest absolute Gasteiger partial charge is 0.320 e. The molecule has 2 aromatic heterocycles. The number of thiazole rings is 2. The molecule has 2 fully saturated rings. The van der Waals surface area contributed by atoms with Crippen molar-refractivity contribution in [3.8, 4) is 0 Å². The molecule has 0 radical (unpaired) electrons. The topological polar surface area (TPSA) is 129 Å². The van der Waals surface area contributed by atoms with Gasteiger partial charge in [0.1, 0.15) is 0 Å². The van der Waals surface area contributed by atoms with Crippen molar-refractivity contribution in [3.05, 3.63) is 33.2 Å². The second kappa shape index (κ2) is 9.47. The van der Waals surface area contributed by atoms with Crippen LogP contribution in [0, 0.1) is 10.8 Å². The van der Waals surface area contributed by atoms with E-state index in [1.165, 1.54) is 36.9 Å². The highest BCUT2D eigenvalue weighted by atomic mass is 32.1. The molecule has 0 aliphatic carbocycles. The maximum absolute atomic E-state index is 13.7. The van der Waals surface area contributed by atoms with E-state index in [4.69, 9.17) is 9.47 Å². The normalized spacial score (nSPS) is 30.9. The highest BCUT2D eigenvalue weighted by Gasteiger charge is 2.82. The Bertz CT molecular complexity index is 975. The molecule has 4 unspecified atom stereocenters. The zero-order valence-electron chi connectivity index (χ0n) is 20.4. The molecule has 11 nitrogen and oxygen atoms in total. The summed E-state index contributed by atoms with van der Waals surface area (Å²) in [5, 5.41) is 27.9. The number of likely N-dealkylation sites (tertiary alicyclic amines) is 2. The Morgan fingerprint density at radius 2 is 1.49 bits per heavy atom. The van der Waals surface area contributed by atoms with Crippen LogP contribution in [0.4, 0.5) is 0 Å². The van der Waals surface area contributed by atoms with E-state index in [-0.39, 0.29) is 13.1 Å². The van der Waals surface area contributed by atoms with Crippen LogP contribution in [0.1, 0.15) is 23.5 Å². The number of esters is 2. The fraction of sp³-hybridized carbons (Fsp3) is 0.636. The first-order valence-electron chi connectivity index (χ1n) is 11.0. The molecule has 0 saturated carbocycles. The fourth-order valence-electron chi connectivity index (χ4n) is 5.93. The molecule has 13 heteroatoms. The lowest BCUT2D eigenvalue weighted by atomic mass is 9.51. The first kappa shape index (κ1) is 26.1. The summed E-state index contributed by atoms with van der Waals surface area (Å²) in [5.41, 5.74) is 0.285. The number of hydrogen-bond acceptors (Lipinski definition) is 13. The van der Waals surface area contributed by atoms with Crippen LogP contribution in [0.5, 0.6) is 0 Å². The number of likely N-dealkylation sites (N-methyl/N-ethyl adjacent to an activating group) is 1. The number of rotatable bonds is 7. The van der Waals surface area contributed by atoms with Crippen molar-refractivity contribution in [3.63, 3.8) is 0 Å². The molecular formula is C22H31N5O6S2. The summed E-state index contributed by atoms with van der Waals surface area (Å²) in [6.07, 6.45) is 0. The second-order valence-corrected chi connectivity index (χ2v) is 10.9. The summed E-state index contributed by atoms with van der Waals surface area (Å²) in [6, 6.07) is -1.85. The molecule has 4 atom stereocenters. The predicted molar refractivity (Wildman–Crippen MR) is 129 cm³/mol. The zero-order valence-corrected chi connectivity index (χ0v) is 22.0. The van der Waals surface area contributed by atoms with Gasteiger partial charge in [-0.25, -0.2) is 9.97 Å². The number of nitrogens with zero attached hydrogens (tertiary/aromatic N) is 5. The molecule has 2 bridgehead atoms. The van der Waals surface area contributed by atoms with Crippen LogP contribution in [0.15, 0.2) is 21.8 Å². The van der Waals surface area contributed by atoms with Crippen molar-refractivity contribution in [1.82, 2.24) is 24.7 Å². The third kappa shape index (κ3) is 3.64. The van der Waals surface area contributed by atoms with E-state index in [9.17, 15) is 19.8 Å². The van der Waals surface area contributed by atoms with Crippen LogP contribution in [-0.2, 0) is 19.1 Å². The van der Waals surface area contributed by atoms with Gasteiger partial charge in [-0.05, 0) is 21.1 Å². The molecule has 0 spiro atoms. The van der Waals surface area contributed by atoms with Crippen molar-refractivity contribution in [2.75, 3.05) is 61.5 Å². The Kier molecular flexibility index (Phi) is 7.05. The number of ether oxygens (including phenoxy) is 2. The fourth-order valence-corrected chi connectivity index (χ4v) is 7.07. The van der Waals surface area contributed by atoms with Crippen LogP contribution in [0.3, 0.4) is 0 Å². The molecular weight excluding hydrogens is 494 g/mol. The minimum absolute atomic E-state index is 0.0736. The van der Waals surface area contributed by atoms with Crippen LogP contribution < -0.4 is 0 Å². The van der Waals surface area contributed by atoms with Gasteiger partial charge in [-0.3, -0.25) is 14.5 Å². The van der Waals surface area contributed by atoms with E-state index in [2.05, 4.69) is 9.97 Å². The van der Waals surface area contributed by atoms with Crippen LogP contribution in [-0.4, -0.2) is 114 Å². The SMILES string of the molecule is COC(=O)C12CN(C)CC(C(=O)OC)(C(c3cscn3)N(CCN(C)C)C1c1cscn1)C2(O)O. The first-order chi connectivity index (χ1) is 16.6. The standard InChI is InChI=1S/C22H31N5O6S2/c1-25(2)6-7-27-16(14-8-34-12-23-14)20(18(28)32-4)10-26(3)11-21(19(29)33-5,22(20,30)31)17(27)15-9-35-13-24-15/h8-9,12-13,16-17,30-31H,6-7,10-11H2,1-5H3. The molecule has 35 heavy (non-hydrogen) atoms. The van der Waals surface area contributed by atoms with E-state index in [1.807, 2.05) is 23.9 Å². The van der Waals surface area contributed by atoms with Crippen molar-refractivity contribution >= 4 is 34.6 Å². The Labute approximate surface area is 211 Å². The van der Waals surface area contributed by atoms with Crippen molar-refractivity contribution in [1.29, 1.82) is 0 Å². The highest BCUT2D eigenvalue weighted by Crippen LogP contribution is 2.66. The lowest BCUT2D eigenvalue weighted by molar-refractivity contribution is -0.376. The van der Waals surface area contributed by atoms with E-state index in [0.717, 1.165) is 0 Å². The molecule has 2 aromatic rings. The maximum atomic E-state index is 13.7. The Morgan fingerprint density at radius 1 is 1.03 bits per heavy atom. The molecule has 4 rings (SSSR count). The Morgan fingerprint density at radius 3 is 1.83 bits per heavy atom. The number of hydrogen-bond donors (Lipinski definition) is 2. The highest BCUT2D eigenvalue weighted by molar-refractivity contribution is 7.07. The van der Waals surface area contributed by atoms with Gasteiger partial charge < -0.3 is 29.5 Å². The van der Waals surface area contributed by atoms with E-state index in [1.54, 1.807) is 33.7 Å². The summed E-state index contributed by atoms with van der Waals surface area (Å²) in [4.78, 5) is 42.1. The number of aliphatic hydroxyl groups is 2. The molecule has 192 valence electrons. The molecule has 2 aliphatic rings. The molecule has 2 aliphatic heterocycles. The molecule has 0 aromatic carbocycles. The average Bonchev–Trinajstić information content (AvgIpc) is 3.52. The van der Waals surface area contributed by atoms with E-state index in [0.29, 0.717) is 24.5 Å².